The van der Waals surface area contributed by atoms with Crippen molar-refractivity contribution in [3.05, 3.63) is 39.9 Å². The third-order valence-corrected chi connectivity index (χ3v) is 7.17. The van der Waals surface area contributed by atoms with Gasteiger partial charge in [0.25, 0.3) is 0 Å². The van der Waals surface area contributed by atoms with Crippen LogP contribution in [0.3, 0.4) is 0 Å². The fourth-order valence-corrected chi connectivity index (χ4v) is 4.86. The molecule has 1 fully saturated rings. The number of aliphatic imine (C=N–C) groups is 1. The van der Waals surface area contributed by atoms with Crippen molar-refractivity contribution in [2.75, 3.05) is 18.9 Å². The quantitative estimate of drug-likeness (QED) is 0.352. The molecule has 2 aromatic rings. The summed E-state index contributed by atoms with van der Waals surface area (Å²) in [5, 5.41) is 11.4. The molecule has 0 amide bonds. The molecular weight excluding hydrogens is 489 g/mol. The van der Waals surface area contributed by atoms with Crippen molar-refractivity contribution in [1.82, 2.24) is 24.3 Å². The Kier molecular flexibility index (Phi) is 6.61. The van der Waals surface area contributed by atoms with Crippen molar-refractivity contribution >= 4 is 51.4 Å². The maximum absolute atomic E-state index is 12.7. The first-order valence-electron chi connectivity index (χ1n) is 8.94. The van der Waals surface area contributed by atoms with E-state index in [1.54, 1.807) is 25.8 Å². The maximum atomic E-state index is 12.7. The Hall–Kier alpha value is -1.66. The number of rotatable bonds is 6. The van der Waals surface area contributed by atoms with E-state index < -0.39 is 15.7 Å². The number of allylic oxidation sites excluding steroid dienone is 1. The lowest BCUT2D eigenvalue weighted by atomic mass is 9.88. The van der Waals surface area contributed by atoms with Crippen LogP contribution in [-0.2, 0) is 11.0 Å². The molecule has 0 saturated carbocycles. The van der Waals surface area contributed by atoms with E-state index in [1.807, 2.05) is 24.3 Å². The van der Waals surface area contributed by atoms with Gasteiger partial charge in [0, 0.05) is 32.0 Å². The molecule has 0 spiro atoms. The Bertz CT molecular complexity index is 966. The van der Waals surface area contributed by atoms with Crippen LogP contribution in [0.4, 0.5) is 5.95 Å². The molecule has 0 aliphatic carbocycles. The van der Waals surface area contributed by atoms with E-state index >= 15 is 0 Å². The van der Waals surface area contributed by atoms with Crippen molar-refractivity contribution in [2.45, 2.75) is 37.5 Å². The minimum atomic E-state index is -1.19. The van der Waals surface area contributed by atoms with E-state index in [4.69, 9.17) is 0 Å². The first-order chi connectivity index (χ1) is 13.4. The van der Waals surface area contributed by atoms with Crippen molar-refractivity contribution < 1.29 is 4.21 Å². The lowest BCUT2D eigenvalue weighted by molar-refractivity contribution is 0.562. The second-order valence-corrected chi connectivity index (χ2v) is 9.94. The van der Waals surface area contributed by atoms with Crippen molar-refractivity contribution in [3.63, 3.8) is 0 Å². The van der Waals surface area contributed by atoms with Gasteiger partial charge in [0.1, 0.15) is 17.3 Å². The summed E-state index contributed by atoms with van der Waals surface area (Å²) >= 11 is 2.19. The molecule has 1 saturated heterocycles. The summed E-state index contributed by atoms with van der Waals surface area (Å²) in [7, 11) is 0.535. The Morgan fingerprint density at radius 1 is 1.54 bits per heavy atom. The van der Waals surface area contributed by atoms with Crippen molar-refractivity contribution in [1.29, 1.82) is 0 Å². The minimum absolute atomic E-state index is 0.0354. The Labute approximate surface area is 180 Å². The van der Waals surface area contributed by atoms with Crippen LogP contribution in [0, 0.1) is 3.57 Å². The fourth-order valence-electron chi connectivity index (χ4n) is 3.14. The molecule has 28 heavy (non-hydrogen) atoms. The molecule has 3 heterocycles. The van der Waals surface area contributed by atoms with Crippen LogP contribution in [-0.4, -0.2) is 54.4 Å². The number of hydrogen-bond donors (Lipinski definition) is 2. The highest BCUT2D eigenvalue weighted by Crippen LogP contribution is 2.35. The lowest BCUT2D eigenvalue weighted by Gasteiger charge is -2.38. The number of hydrogen-bond acceptors (Lipinski definition) is 6. The minimum Gasteiger partial charge on any atom is -0.355 e. The topological polar surface area (TPSA) is 96.6 Å². The highest BCUT2D eigenvalue weighted by molar-refractivity contribution is 14.1. The molecule has 150 valence electrons. The molecule has 3 rings (SSSR count). The zero-order valence-corrected chi connectivity index (χ0v) is 19.1. The van der Waals surface area contributed by atoms with Gasteiger partial charge in [0.2, 0.25) is 5.95 Å². The van der Waals surface area contributed by atoms with Gasteiger partial charge in [-0.15, -0.1) is 10.2 Å². The summed E-state index contributed by atoms with van der Waals surface area (Å²) in [4.78, 5) is 8.44. The van der Waals surface area contributed by atoms with Crippen LogP contribution in [0.2, 0.25) is 0 Å². The molecule has 0 bridgehead atoms. The summed E-state index contributed by atoms with van der Waals surface area (Å²) < 4.78 is 18.2. The fraction of sp³-hybridized carbons (Fsp3) is 0.444. The summed E-state index contributed by atoms with van der Waals surface area (Å²) in [6.07, 6.45) is 8.75. The van der Waals surface area contributed by atoms with Crippen LogP contribution < -0.4 is 10.0 Å². The molecule has 1 unspecified atom stereocenters. The summed E-state index contributed by atoms with van der Waals surface area (Å²) in [5.74, 6) is 0.709. The lowest BCUT2D eigenvalue weighted by Crippen LogP contribution is -2.50. The Balaban J connectivity index is 1.63. The summed E-state index contributed by atoms with van der Waals surface area (Å²) in [6.45, 7) is 8.90. The van der Waals surface area contributed by atoms with Crippen molar-refractivity contribution in [2.24, 2.45) is 4.99 Å². The average Bonchev–Trinajstić information content (AvgIpc) is 3.15. The van der Waals surface area contributed by atoms with Crippen LogP contribution >= 0.6 is 22.6 Å². The highest BCUT2D eigenvalue weighted by atomic mass is 127. The standard InChI is InChI=1S/C18H24IN7OS/c1-12-13(7-9-20-4)18(2,3)28(27)25-15(12)6-5-8-21-17-22-10-14(19)16-24-23-11-26(16)17/h7,9-11,15,25H,1,5-6,8H2,2-4H3,(H,21,22)/b13-7+,20-9?/t15-,28?/m0/s1. The van der Waals surface area contributed by atoms with Gasteiger partial charge in [-0.3, -0.25) is 9.39 Å². The zero-order valence-electron chi connectivity index (χ0n) is 16.1. The highest BCUT2D eigenvalue weighted by Gasteiger charge is 2.39. The molecule has 2 N–H and O–H groups in total. The number of aromatic nitrogens is 4. The first-order valence-corrected chi connectivity index (χ1v) is 11.2. The van der Waals surface area contributed by atoms with E-state index in [2.05, 4.69) is 59.4 Å². The van der Waals surface area contributed by atoms with Gasteiger partial charge in [0.05, 0.1) is 8.32 Å². The monoisotopic (exact) mass is 513 g/mol. The Morgan fingerprint density at radius 3 is 3.07 bits per heavy atom. The molecular formula is C18H24IN7OS. The molecule has 2 aromatic heterocycles. The predicted molar refractivity (Wildman–Crippen MR) is 122 cm³/mol. The number of fused-ring (bicyclic) bond motifs is 1. The molecule has 2 atom stereocenters. The second-order valence-electron chi connectivity index (χ2n) is 6.99. The molecule has 8 nitrogen and oxygen atoms in total. The molecule has 10 heteroatoms. The first kappa shape index (κ1) is 21.1. The molecule has 0 radical (unpaired) electrons. The predicted octanol–water partition coefficient (Wildman–Crippen LogP) is 2.52. The van der Waals surface area contributed by atoms with Gasteiger partial charge in [-0.25, -0.2) is 13.9 Å². The normalized spacial score (nSPS) is 23.7. The Morgan fingerprint density at radius 2 is 2.32 bits per heavy atom. The van der Waals surface area contributed by atoms with E-state index in [1.165, 1.54) is 0 Å². The molecule has 1 aliphatic heterocycles. The number of halogens is 1. The number of anilines is 1. The smallest absolute Gasteiger partial charge is 0.210 e. The average molecular weight is 513 g/mol. The van der Waals surface area contributed by atoms with E-state index in [0.717, 1.165) is 39.7 Å². The third-order valence-electron chi connectivity index (χ3n) is 4.76. The van der Waals surface area contributed by atoms with E-state index in [9.17, 15) is 4.21 Å². The van der Waals surface area contributed by atoms with Gasteiger partial charge in [-0.2, -0.15) is 0 Å². The van der Waals surface area contributed by atoms with Gasteiger partial charge in [-0.05, 0) is 66.5 Å². The zero-order chi connectivity index (χ0) is 20.3. The molecule has 1 aliphatic rings. The van der Waals surface area contributed by atoms with Gasteiger partial charge in [0.15, 0.2) is 5.65 Å². The number of nitrogens with zero attached hydrogens (tertiary/aromatic N) is 5. The van der Waals surface area contributed by atoms with Crippen LogP contribution in [0.5, 0.6) is 0 Å². The van der Waals surface area contributed by atoms with Crippen LogP contribution in [0.15, 0.2) is 41.3 Å². The SMILES string of the molecule is C=C1/C(=C\C=NC)C(C)(C)S(=O)N[C@H]1CCCNc1ncc(I)c2nncn12. The van der Waals surface area contributed by atoms with Crippen LogP contribution in [0.25, 0.3) is 5.65 Å². The second kappa shape index (κ2) is 8.78. The van der Waals surface area contributed by atoms with Gasteiger partial charge in [-0.1, -0.05) is 6.58 Å². The van der Waals surface area contributed by atoms with E-state index in [-0.39, 0.29) is 6.04 Å². The summed E-state index contributed by atoms with van der Waals surface area (Å²) in [6, 6.07) is -0.0354. The molecule has 0 aromatic carbocycles. The summed E-state index contributed by atoms with van der Waals surface area (Å²) in [5.41, 5.74) is 2.74. The maximum Gasteiger partial charge on any atom is 0.210 e. The van der Waals surface area contributed by atoms with Crippen LogP contribution in [0.1, 0.15) is 26.7 Å². The number of nitrogens with one attached hydrogen (secondary N) is 2. The third kappa shape index (κ3) is 4.18. The van der Waals surface area contributed by atoms with E-state index in [0.29, 0.717) is 5.95 Å². The van der Waals surface area contributed by atoms with Gasteiger partial charge < -0.3 is 5.32 Å². The largest absolute Gasteiger partial charge is 0.355 e. The van der Waals surface area contributed by atoms with Crippen molar-refractivity contribution in [3.8, 4) is 0 Å². The van der Waals surface area contributed by atoms with Gasteiger partial charge >= 0.3 is 0 Å².